The molecule has 0 atom stereocenters. The Morgan fingerprint density at radius 1 is 1.17 bits per heavy atom. The molecule has 0 aliphatic rings. The number of ether oxygens (including phenoxy) is 2. The molecule has 0 spiro atoms. The highest BCUT2D eigenvalue weighted by molar-refractivity contribution is 7.19. The van der Waals surface area contributed by atoms with Crippen LogP contribution in [0.5, 0.6) is 5.75 Å². The lowest BCUT2D eigenvalue weighted by Gasteiger charge is -2.05. The average Bonchev–Trinajstić information content (AvgIpc) is 3.04. The van der Waals surface area contributed by atoms with Crippen molar-refractivity contribution in [1.29, 1.82) is 0 Å². The minimum absolute atomic E-state index is 0.323. The third-order valence-corrected chi connectivity index (χ3v) is 4.52. The van der Waals surface area contributed by atoms with E-state index in [1.165, 1.54) is 11.3 Å². The summed E-state index contributed by atoms with van der Waals surface area (Å²) in [6.45, 7) is 2.12. The number of para-hydroxylation sites is 1. The zero-order valence-electron chi connectivity index (χ0n) is 13.5. The van der Waals surface area contributed by atoms with Crippen LogP contribution in [0, 0.1) is 0 Å². The number of fused-ring (bicyclic) bond motifs is 1. The molecule has 0 bridgehead atoms. The molecule has 0 N–H and O–H groups in total. The van der Waals surface area contributed by atoms with Crippen LogP contribution in [0.1, 0.15) is 17.5 Å². The maximum atomic E-state index is 12.4. The van der Waals surface area contributed by atoms with Crippen molar-refractivity contribution in [3.05, 3.63) is 59.1 Å². The van der Waals surface area contributed by atoms with Gasteiger partial charge in [-0.1, -0.05) is 24.3 Å². The third kappa shape index (κ3) is 3.46. The Morgan fingerprint density at radius 3 is 2.58 bits per heavy atom. The van der Waals surface area contributed by atoms with Crippen LogP contribution >= 0.6 is 11.3 Å². The fourth-order valence-corrected chi connectivity index (χ4v) is 3.24. The molecule has 0 amide bonds. The zero-order chi connectivity index (χ0) is 16.9. The SMILES string of the molecule is CCOC(=O)C(=Cc1ccc(OC)cc1)c1nc2ccccc2s1. The van der Waals surface area contributed by atoms with Crippen molar-refractivity contribution in [3.8, 4) is 5.75 Å². The number of carbonyl (C=O) groups excluding carboxylic acids is 1. The second kappa shape index (κ2) is 7.27. The molecule has 0 radical (unpaired) electrons. The van der Waals surface area contributed by atoms with Crippen LogP contribution in [-0.4, -0.2) is 24.7 Å². The molecule has 0 aliphatic carbocycles. The van der Waals surface area contributed by atoms with Gasteiger partial charge < -0.3 is 9.47 Å². The number of thiazole rings is 1. The molecule has 4 nitrogen and oxygen atoms in total. The summed E-state index contributed by atoms with van der Waals surface area (Å²) < 4.78 is 11.4. The van der Waals surface area contributed by atoms with Crippen LogP contribution in [0.25, 0.3) is 21.9 Å². The van der Waals surface area contributed by atoms with E-state index in [0.717, 1.165) is 21.5 Å². The van der Waals surface area contributed by atoms with Crippen molar-refractivity contribution in [1.82, 2.24) is 4.98 Å². The number of hydrogen-bond donors (Lipinski definition) is 0. The standard InChI is InChI=1S/C19H17NO3S/c1-3-23-19(21)15(12-13-8-10-14(22-2)11-9-13)18-20-16-6-4-5-7-17(16)24-18/h4-12H,3H2,1-2H3. The van der Waals surface area contributed by atoms with Gasteiger partial charge in [-0.3, -0.25) is 0 Å². The summed E-state index contributed by atoms with van der Waals surface area (Å²) >= 11 is 1.48. The highest BCUT2D eigenvalue weighted by Crippen LogP contribution is 2.29. The molecule has 24 heavy (non-hydrogen) atoms. The number of benzene rings is 2. The van der Waals surface area contributed by atoms with E-state index in [-0.39, 0.29) is 5.97 Å². The van der Waals surface area contributed by atoms with Gasteiger partial charge >= 0.3 is 5.97 Å². The van der Waals surface area contributed by atoms with Gasteiger partial charge in [0.15, 0.2) is 0 Å². The van der Waals surface area contributed by atoms with Gasteiger partial charge in [0, 0.05) is 0 Å². The first-order valence-electron chi connectivity index (χ1n) is 7.60. The Kier molecular flexibility index (Phi) is 4.91. The number of rotatable bonds is 5. The molecule has 2 aromatic carbocycles. The van der Waals surface area contributed by atoms with Crippen LogP contribution in [-0.2, 0) is 9.53 Å². The summed E-state index contributed by atoms with van der Waals surface area (Å²) in [7, 11) is 1.62. The molecule has 1 aromatic heterocycles. The van der Waals surface area contributed by atoms with E-state index >= 15 is 0 Å². The summed E-state index contributed by atoms with van der Waals surface area (Å²) in [4.78, 5) is 17.0. The van der Waals surface area contributed by atoms with Crippen LogP contribution in [0.2, 0.25) is 0 Å². The molecule has 122 valence electrons. The summed E-state index contributed by atoms with van der Waals surface area (Å²) in [5, 5.41) is 0.658. The van der Waals surface area contributed by atoms with Gasteiger partial charge in [0.05, 0.1) is 29.5 Å². The maximum Gasteiger partial charge on any atom is 0.341 e. The lowest BCUT2D eigenvalue weighted by atomic mass is 10.1. The van der Waals surface area contributed by atoms with Gasteiger partial charge in [0.2, 0.25) is 0 Å². The summed E-state index contributed by atoms with van der Waals surface area (Å²) in [5.41, 5.74) is 2.23. The second-order valence-electron chi connectivity index (χ2n) is 5.04. The Labute approximate surface area is 144 Å². The summed E-state index contributed by atoms with van der Waals surface area (Å²) in [5.74, 6) is 0.400. The Bertz CT molecular complexity index is 848. The molecule has 0 unspecified atom stereocenters. The van der Waals surface area contributed by atoms with Gasteiger partial charge in [0.1, 0.15) is 10.8 Å². The van der Waals surface area contributed by atoms with E-state index in [0.29, 0.717) is 17.2 Å². The molecular formula is C19H17NO3S. The number of carbonyl (C=O) groups is 1. The Balaban J connectivity index is 2.04. The lowest BCUT2D eigenvalue weighted by molar-refractivity contribution is -0.136. The van der Waals surface area contributed by atoms with Crippen LogP contribution in [0.3, 0.4) is 0 Å². The second-order valence-corrected chi connectivity index (χ2v) is 6.07. The quantitative estimate of drug-likeness (QED) is 0.510. The van der Waals surface area contributed by atoms with Gasteiger partial charge in [0.25, 0.3) is 0 Å². The van der Waals surface area contributed by atoms with Gasteiger partial charge in [-0.25, -0.2) is 9.78 Å². The smallest absolute Gasteiger partial charge is 0.341 e. The average molecular weight is 339 g/mol. The maximum absolute atomic E-state index is 12.4. The highest BCUT2D eigenvalue weighted by Gasteiger charge is 2.17. The minimum atomic E-state index is -0.368. The van der Waals surface area contributed by atoms with Crippen LogP contribution in [0.15, 0.2) is 48.5 Å². The predicted molar refractivity (Wildman–Crippen MR) is 97.1 cm³/mol. The largest absolute Gasteiger partial charge is 0.497 e. The molecular weight excluding hydrogens is 322 g/mol. The molecule has 3 aromatic rings. The van der Waals surface area contributed by atoms with Gasteiger partial charge in [-0.15, -0.1) is 11.3 Å². The van der Waals surface area contributed by atoms with E-state index in [1.807, 2.05) is 48.5 Å². The molecule has 5 heteroatoms. The first kappa shape index (κ1) is 16.2. The number of nitrogens with zero attached hydrogens (tertiary/aromatic N) is 1. The van der Waals surface area contributed by atoms with E-state index in [4.69, 9.17) is 9.47 Å². The van der Waals surface area contributed by atoms with Crippen LogP contribution < -0.4 is 4.74 Å². The summed E-state index contributed by atoms with van der Waals surface area (Å²) in [6, 6.07) is 15.3. The lowest BCUT2D eigenvalue weighted by Crippen LogP contribution is -2.06. The van der Waals surface area contributed by atoms with Gasteiger partial charge in [-0.05, 0) is 42.8 Å². The predicted octanol–water partition coefficient (Wildman–Crippen LogP) is 4.41. The number of hydrogen-bond acceptors (Lipinski definition) is 5. The molecule has 0 saturated heterocycles. The van der Waals surface area contributed by atoms with Crippen molar-refractivity contribution >= 4 is 39.2 Å². The molecule has 0 aliphatic heterocycles. The summed E-state index contributed by atoms with van der Waals surface area (Å²) in [6.07, 6.45) is 1.80. The first-order chi connectivity index (χ1) is 11.7. The third-order valence-electron chi connectivity index (χ3n) is 3.45. The monoisotopic (exact) mass is 339 g/mol. The molecule has 0 fully saturated rings. The number of esters is 1. The van der Waals surface area contributed by atoms with E-state index in [9.17, 15) is 4.79 Å². The van der Waals surface area contributed by atoms with Crippen molar-refractivity contribution in [2.45, 2.75) is 6.92 Å². The van der Waals surface area contributed by atoms with Crippen molar-refractivity contribution in [2.24, 2.45) is 0 Å². The van der Waals surface area contributed by atoms with Crippen LogP contribution in [0.4, 0.5) is 0 Å². The zero-order valence-corrected chi connectivity index (χ0v) is 14.3. The van der Waals surface area contributed by atoms with Crippen molar-refractivity contribution < 1.29 is 14.3 Å². The van der Waals surface area contributed by atoms with E-state index in [1.54, 1.807) is 20.1 Å². The molecule has 1 heterocycles. The van der Waals surface area contributed by atoms with E-state index < -0.39 is 0 Å². The Hall–Kier alpha value is -2.66. The Morgan fingerprint density at radius 2 is 1.92 bits per heavy atom. The van der Waals surface area contributed by atoms with Crippen molar-refractivity contribution in [3.63, 3.8) is 0 Å². The fraction of sp³-hybridized carbons (Fsp3) is 0.158. The number of methoxy groups -OCH3 is 1. The normalized spacial score (nSPS) is 11.5. The fourth-order valence-electron chi connectivity index (χ4n) is 2.27. The first-order valence-corrected chi connectivity index (χ1v) is 8.41. The van der Waals surface area contributed by atoms with E-state index in [2.05, 4.69) is 4.98 Å². The molecule has 3 rings (SSSR count). The van der Waals surface area contributed by atoms with Gasteiger partial charge in [-0.2, -0.15) is 0 Å². The molecule has 0 saturated carbocycles. The van der Waals surface area contributed by atoms with Crippen molar-refractivity contribution in [2.75, 3.05) is 13.7 Å². The minimum Gasteiger partial charge on any atom is -0.497 e. The number of aromatic nitrogens is 1. The topological polar surface area (TPSA) is 48.4 Å². The highest BCUT2D eigenvalue weighted by atomic mass is 32.1.